The van der Waals surface area contributed by atoms with Gasteiger partial charge in [-0.1, -0.05) is 29.8 Å². The van der Waals surface area contributed by atoms with Crippen LogP contribution in [0.25, 0.3) is 0 Å². The van der Waals surface area contributed by atoms with E-state index in [0.717, 1.165) is 35.1 Å². The van der Waals surface area contributed by atoms with Crippen LogP contribution in [0.3, 0.4) is 0 Å². The Morgan fingerprint density at radius 1 is 0.963 bits per heavy atom. The van der Waals surface area contributed by atoms with Gasteiger partial charge in [-0.25, -0.2) is 0 Å². The second-order valence-corrected chi connectivity index (χ2v) is 6.45. The number of benzene rings is 2. The van der Waals surface area contributed by atoms with Gasteiger partial charge in [0.1, 0.15) is 0 Å². The molecule has 138 valence electrons. The number of fused-ring (bicyclic) bond motifs is 1. The van der Waals surface area contributed by atoms with Crippen LogP contribution >= 0.6 is 11.6 Å². The van der Waals surface area contributed by atoms with Gasteiger partial charge in [-0.3, -0.25) is 0 Å². The lowest BCUT2D eigenvalue weighted by molar-refractivity contribution is 0.174. The van der Waals surface area contributed by atoms with Crippen molar-refractivity contribution in [2.75, 3.05) is 24.0 Å². The van der Waals surface area contributed by atoms with E-state index >= 15 is 0 Å². The molecule has 2 N–H and O–H groups in total. The fraction of sp³-hybridized carbons (Fsp3) is 0.211. The fourth-order valence-electron chi connectivity index (χ4n) is 2.68. The van der Waals surface area contributed by atoms with E-state index in [4.69, 9.17) is 21.1 Å². The number of nitrogens with one attached hydrogen (secondary N) is 2. The van der Waals surface area contributed by atoms with E-state index in [-0.39, 0.29) is 6.79 Å². The first-order valence-corrected chi connectivity index (χ1v) is 8.94. The SMILES string of the molecule is Clc1ccc(CCNc2cnnc(NCc3ccc4c(c3)OCO4)n2)cc1. The van der Waals surface area contributed by atoms with Crippen LogP contribution in [0.2, 0.25) is 5.02 Å². The quantitative estimate of drug-likeness (QED) is 0.646. The van der Waals surface area contributed by atoms with Gasteiger partial charge in [0.2, 0.25) is 12.7 Å². The zero-order chi connectivity index (χ0) is 18.5. The van der Waals surface area contributed by atoms with Crippen LogP contribution in [0.15, 0.2) is 48.7 Å². The van der Waals surface area contributed by atoms with Crippen molar-refractivity contribution < 1.29 is 9.47 Å². The molecular weight excluding hydrogens is 366 g/mol. The number of hydrogen-bond donors (Lipinski definition) is 2. The molecule has 27 heavy (non-hydrogen) atoms. The van der Waals surface area contributed by atoms with E-state index < -0.39 is 0 Å². The average molecular weight is 384 g/mol. The Morgan fingerprint density at radius 2 is 1.78 bits per heavy atom. The molecular formula is C19H18ClN5O2. The summed E-state index contributed by atoms with van der Waals surface area (Å²) in [7, 11) is 0. The van der Waals surface area contributed by atoms with Gasteiger partial charge in [0.25, 0.3) is 0 Å². The van der Waals surface area contributed by atoms with Crippen LogP contribution in [0, 0.1) is 0 Å². The number of anilines is 2. The molecule has 0 bridgehead atoms. The molecule has 0 unspecified atom stereocenters. The topological polar surface area (TPSA) is 81.2 Å². The van der Waals surface area contributed by atoms with Crippen LogP contribution in [0.1, 0.15) is 11.1 Å². The van der Waals surface area contributed by atoms with Crippen molar-refractivity contribution in [2.45, 2.75) is 13.0 Å². The van der Waals surface area contributed by atoms with Gasteiger partial charge < -0.3 is 20.1 Å². The van der Waals surface area contributed by atoms with Crippen LogP contribution < -0.4 is 20.1 Å². The molecule has 0 aliphatic carbocycles. The smallest absolute Gasteiger partial charge is 0.244 e. The Balaban J connectivity index is 1.30. The number of hydrogen-bond acceptors (Lipinski definition) is 7. The third-order valence-electron chi connectivity index (χ3n) is 4.08. The summed E-state index contributed by atoms with van der Waals surface area (Å²) < 4.78 is 10.7. The molecule has 4 rings (SSSR count). The Labute approximate surface area is 161 Å². The highest BCUT2D eigenvalue weighted by atomic mass is 35.5. The molecule has 0 saturated carbocycles. The Hall–Kier alpha value is -3.06. The lowest BCUT2D eigenvalue weighted by Gasteiger charge is -2.08. The molecule has 2 aromatic carbocycles. The summed E-state index contributed by atoms with van der Waals surface area (Å²) in [6, 6.07) is 13.6. The monoisotopic (exact) mass is 383 g/mol. The summed E-state index contributed by atoms with van der Waals surface area (Å²) in [6.45, 7) is 1.57. The van der Waals surface area contributed by atoms with Crippen LogP contribution in [-0.4, -0.2) is 28.5 Å². The summed E-state index contributed by atoms with van der Waals surface area (Å²) in [5, 5.41) is 15.2. The zero-order valence-electron chi connectivity index (χ0n) is 14.5. The molecule has 2 heterocycles. The van der Waals surface area contributed by atoms with E-state index in [9.17, 15) is 0 Å². The molecule has 7 nitrogen and oxygen atoms in total. The van der Waals surface area contributed by atoms with Gasteiger partial charge in [-0.15, -0.1) is 5.10 Å². The van der Waals surface area contributed by atoms with Crippen molar-refractivity contribution >= 4 is 23.4 Å². The maximum absolute atomic E-state index is 5.90. The van der Waals surface area contributed by atoms with Gasteiger partial charge in [0, 0.05) is 18.1 Å². The largest absolute Gasteiger partial charge is 0.454 e. The fourth-order valence-corrected chi connectivity index (χ4v) is 2.81. The van der Waals surface area contributed by atoms with Gasteiger partial charge in [-0.05, 0) is 41.8 Å². The minimum atomic E-state index is 0.267. The molecule has 0 spiro atoms. The molecule has 1 aliphatic rings. The Morgan fingerprint density at radius 3 is 2.67 bits per heavy atom. The maximum Gasteiger partial charge on any atom is 0.244 e. The molecule has 0 radical (unpaired) electrons. The van der Waals surface area contributed by atoms with Crippen LogP contribution in [0.5, 0.6) is 11.5 Å². The summed E-state index contributed by atoms with van der Waals surface area (Å²) in [6.07, 6.45) is 2.47. The van der Waals surface area contributed by atoms with E-state index in [1.807, 2.05) is 42.5 Å². The standard InChI is InChI=1S/C19H18ClN5O2/c20-15-4-1-13(2-5-15)7-8-21-18-11-23-25-19(24-18)22-10-14-3-6-16-17(9-14)27-12-26-16/h1-6,9,11H,7-8,10,12H2,(H2,21,22,24,25). The van der Waals surface area contributed by atoms with Gasteiger partial charge >= 0.3 is 0 Å². The predicted octanol–water partition coefficient (Wildman–Crippen LogP) is 3.52. The number of nitrogens with zero attached hydrogens (tertiary/aromatic N) is 3. The van der Waals surface area contributed by atoms with E-state index in [1.54, 1.807) is 6.20 Å². The first-order valence-electron chi connectivity index (χ1n) is 8.57. The number of aromatic nitrogens is 3. The third kappa shape index (κ3) is 4.57. The Kier molecular flexibility index (Phi) is 5.20. The third-order valence-corrected chi connectivity index (χ3v) is 4.33. The molecule has 3 aromatic rings. The van der Waals surface area contributed by atoms with Crippen molar-refractivity contribution in [3.8, 4) is 11.5 Å². The number of ether oxygens (including phenoxy) is 2. The Bertz CT molecular complexity index is 920. The minimum Gasteiger partial charge on any atom is -0.454 e. The van der Waals surface area contributed by atoms with Crippen molar-refractivity contribution in [2.24, 2.45) is 0 Å². The van der Waals surface area contributed by atoms with Crippen molar-refractivity contribution in [1.29, 1.82) is 0 Å². The lowest BCUT2D eigenvalue weighted by atomic mass is 10.1. The average Bonchev–Trinajstić information content (AvgIpc) is 3.16. The van der Waals surface area contributed by atoms with Crippen molar-refractivity contribution in [1.82, 2.24) is 15.2 Å². The van der Waals surface area contributed by atoms with E-state index in [2.05, 4.69) is 25.8 Å². The van der Waals surface area contributed by atoms with Crippen LogP contribution in [-0.2, 0) is 13.0 Å². The highest BCUT2D eigenvalue weighted by Gasteiger charge is 2.13. The van der Waals surface area contributed by atoms with Crippen molar-refractivity contribution in [3.63, 3.8) is 0 Å². The predicted molar refractivity (Wildman–Crippen MR) is 103 cm³/mol. The zero-order valence-corrected chi connectivity index (χ0v) is 15.2. The second-order valence-electron chi connectivity index (χ2n) is 6.01. The second kappa shape index (κ2) is 8.09. The van der Waals surface area contributed by atoms with E-state index in [0.29, 0.717) is 18.3 Å². The summed E-state index contributed by atoms with van der Waals surface area (Å²) in [4.78, 5) is 4.43. The normalized spacial score (nSPS) is 12.0. The number of halogens is 1. The number of rotatable bonds is 7. The summed E-state index contributed by atoms with van der Waals surface area (Å²) in [5.74, 6) is 2.66. The first-order chi connectivity index (χ1) is 13.3. The maximum atomic E-state index is 5.90. The highest BCUT2D eigenvalue weighted by molar-refractivity contribution is 6.30. The lowest BCUT2D eigenvalue weighted by Crippen LogP contribution is -2.10. The molecule has 0 fully saturated rings. The summed E-state index contributed by atoms with van der Waals surface area (Å²) in [5.41, 5.74) is 2.25. The van der Waals surface area contributed by atoms with Gasteiger partial charge in [0.15, 0.2) is 17.3 Å². The first kappa shape index (κ1) is 17.4. The molecule has 1 aliphatic heterocycles. The summed E-state index contributed by atoms with van der Waals surface area (Å²) >= 11 is 5.90. The minimum absolute atomic E-state index is 0.267. The van der Waals surface area contributed by atoms with Crippen molar-refractivity contribution in [3.05, 3.63) is 64.8 Å². The molecule has 0 atom stereocenters. The molecule has 0 saturated heterocycles. The molecule has 8 heteroatoms. The highest BCUT2D eigenvalue weighted by Crippen LogP contribution is 2.32. The van der Waals surface area contributed by atoms with Gasteiger partial charge in [0.05, 0.1) is 6.20 Å². The van der Waals surface area contributed by atoms with Crippen LogP contribution in [0.4, 0.5) is 11.8 Å². The van der Waals surface area contributed by atoms with Gasteiger partial charge in [-0.2, -0.15) is 10.1 Å². The molecule has 1 aromatic heterocycles. The molecule has 0 amide bonds. The van der Waals surface area contributed by atoms with E-state index in [1.165, 1.54) is 5.56 Å².